The van der Waals surface area contributed by atoms with Gasteiger partial charge in [0.05, 0.1) is 5.69 Å². The molecule has 1 aromatic carbocycles. The maximum atomic E-state index is 13.7. The van der Waals surface area contributed by atoms with E-state index in [-0.39, 0.29) is 23.4 Å². The quantitative estimate of drug-likeness (QED) is 0.696. The van der Waals surface area contributed by atoms with Gasteiger partial charge in [0, 0.05) is 24.6 Å². The SMILES string of the molecule is CC(C)NC(=O)CCNc1ccc(C(N)=S)cc1F. The molecule has 4 N–H and O–H groups in total. The van der Waals surface area contributed by atoms with Crippen molar-refractivity contribution in [1.29, 1.82) is 0 Å². The molecule has 0 aliphatic rings. The van der Waals surface area contributed by atoms with Crippen LogP contribution in [0.15, 0.2) is 18.2 Å². The molecule has 1 aromatic rings. The van der Waals surface area contributed by atoms with Crippen molar-refractivity contribution in [2.75, 3.05) is 11.9 Å². The van der Waals surface area contributed by atoms with Gasteiger partial charge in [0.1, 0.15) is 10.8 Å². The molecule has 0 spiro atoms. The third kappa shape index (κ3) is 5.21. The summed E-state index contributed by atoms with van der Waals surface area (Å²) in [6.45, 7) is 4.14. The summed E-state index contributed by atoms with van der Waals surface area (Å²) in [5.74, 6) is -0.503. The lowest BCUT2D eigenvalue weighted by molar-refractivity contribution is -0.121. The Morgan fingerprint density at radius 2 is 2.16 bits per heavy atom. The Balaban J connectivity index is 2.50. The van der Waals surface area contributed by atoms with Gasteiger partial charge in [-0.25, -0.2) is 4.39 Å². The summed E-state index contributed by atoms with van der Waals surface area (Å²) in [6.07, 6.45) is 0.286. The van der Waals surface area contributed by atoms with Gasteiger partial charge in [0.15, 0.2) is 0 Å². The van der Waals surface area contributed by atoms with E-state index in [9.17, 15) is 9.18 Å². The molecule has 0 fully saturated rings. The number of nitrogens with two attached hydrogens (primary N) is 1. The maximum absolute atomic E-state index is 13.7. The van der Waals surface area contributed by atoms with Gasteiger partial charge in [-0.2, -0.15) is 0 Å². The van der Waals surface area contributed by atoms with E-state index in [2.05, 4.69) is 10.6 Å². The number of hydrogen-bond donors (Lipinski definition) is 3. The van der Waals surface area contributed by atoms with Gasteiger partial charge >= 0.3 is 0 Å². The van der Waals surface area contributed by atoms with Crippen molar-refractivity contribution in [3.05, 3.63) is 29.6 Å². The van der Waals surface area contributed by atoms with E-state index in [1.807, 2.05) is 13.8 Å². The predicted octanol–water partition coefficient (Wildman–Crippen LogP) is 1.79. The highest BCUT2D eigenvalue weighted by molar-refractivity contribution is 7.80. The Labute approximate surface area is 117 Å². The number of anilines is 1. The number of rotatable bonds is 6. The molecule has 0 radical (unpaired) electrons. The lowest BCUT2D eigenvalue weighted by Gasteiger charge is -2.10. The molecule has 0 bridgehead atoms. The molecule has 104 valence electrons. The van der Waals surface area contributed by atoms with Crippen molar-refractivity contribution in [3.63, 3.8) is 0 Å². The third-order valence-electron chi connectivity index (χ3n) is 2.37. The van der Waals surface area contributed by atoms with Crippen molar-refractivity contribution in [3.8, 4) is 0 Å². The van der Waals surface area contributed by atoms with Crippen molar-refractivity contribution in [1.82, 2.24) is 5.32 Å². The molecule has 1 rings (SSSR count). The summed E-state index contributed by atoms with van der Waals surface area (Å²) in [7, 11) is 0. The Hall–Kier alpha value is -1.69. The van der Waals surface area contributed by atoms with E-state index in [1.165, 1.54) is 6.07 Å². The van der Waals surface area contributed by atoms with Crippen molar-refractivity contribution < 1.29 is 9.18 Å². The van der Waals surface area contributed by atoms with Crippen molar-refractivity contribution >= 4 is 28.8 Å². The zero-order valence-electron chi connectivity index (χ0n) is 11.0. The van der Waals surface area contributed by atoms with Crippen LogP contribution in [0.5, 0.6) is 0 Å². The number of carbonyl (C=O) groups excluding carboxylic acids is 1. The number of amides is 1. The van der Waals surface area contributed by atoms with Gasteiger partial charge in [-0.3, -0.25) is 4.79 Å². The lowest BCUT2D eigenvalue weighted by Crippen LogP contribution is -2.31. The van der Waals surface area contributed by atoms with E-state index in [1.54, 1.807) is 12.1 Å². The molecule has 19 heavy (non-hydrogen) atoms. The van der Waals surface area contributed by atoms with Crippen LogP contribution in [0.4, 0.5) is 10.1 Å². The molecular formula is C13H18FN3OS. The van der Waals surface area contributed by atoms with Gasteiger partial charge in [0.2, 0.25) is 5.91 Å². The highest BCUT2D eigenvalue weighted by atomic mass is 32.1. The number of thiocarbonyl (C=S) groups is 1. The van der Waals surface area contributed by atoms with E-state index in [0.717, 1.165) is 0 Å². The second-order valence-electron chi connectivity index (χ2n) is 4.46. The van der Waals surface area contributed by atoms with Gasteiger partial charge in [0.25, 0.3) is 0 Å². The summed E-state index contributed by atoms with van der Waals surface area (Å²) < 4.78 is 13.7. The molecule has 0 aromatic heterocycles. The van der Waals surface area contributed by atoms with E-state index >= 15 is 0 Å². The fraction of sp³-hybridized carbons (Fsp3) is 0.385. The monoisotopic (exact) mass is 283 g/mol. The molecule has 0 unspecified atom stereocenters. The van der Waals surface area contributed by atoms with Crippen molar-refractivity contribution in [2.24, 2.45) is 5.73 Å². The van der Waals surface area contributed by atoms with E-state index < -0.39 is 5.82 Å². The summed E-state index contributed by atoms with van der Waals surface area (Å²) >= 11 is 4.76. The van der Waals surface area contributed by atoms with Crippen LogP contribution in [0, 0.1) is 5.82 Å². The summed E-state index contributed by atoms with van der Waals surface area (Å²) in [5.41, 5.74) is 6.22. The Morgan fingerprint density at radius 1 is 1.47 bits per heavy atom. The fourth-order valence-corrected chi connectivity index (χ4v) is 1.64. The predicted molar refractivity (Wildman–Crippen MR) is 78.7 cm³/mol. The van der Waals surface area contributed by atoms with Crippen LogP contribution >= 0.6 is 12.2 Å². The normalized spacial score (nSPS) is 10.3. The largest absolute Gasteiger partial charge is 0.389 e. The topological polar surface area (TPSA) is 67.2 Å². The highest BCUT2D eigenvalue weighted by Crippen LogP contribution is 2.15. The van der Waals surface area contributed by atoms with Crippen LogP contribution in [-0.2, 0) is 4.79 Å². The minimum atomic E-state index is -0.436. The highest BCUT2D eigenvalue weighted by Gasteiger charge is 2.06. The zero-order valence-corrected chi connectivity index (χ0v) is 11.8. The first-order chi connectivity index (χ1) is 8.90. The molecule has 0 aliphatic carbocycles. The average molecular weight is 283 g/mol. The second-order valence-corrected chi connectivity index (χ2v) is 4.90. The van der Waals surface area contributed by atoms with Crippen LogP contribution in [0.25, 0.3) is 0 Å². The standard InChI is InChI=1S/C13H18FN3OS/c1-8(2)17-12(18)5-6-16-11-4-3-9(13(15)19)7-10(11)14/h3-4,7-8,16H,5-6H2,1-2H3,(H2,15,19)(H,17,18). The number of halogens is 1. The molecule has 0 aliphatic heterocycles. The van der Waals surface area contributed by atoms with Crippen LogP contribution in [-0.4, -0.2) is 23.5 Å². The number of carbonyl (C=O) groups is 1. The third-order valence-corrected chi connectivity index (χ3v) is 2.61. The van der Waals surface area contributed by atoms with Gasteiger partial charge in [-0.05, 0) is 32.0 Å². The maximum Gasteiger partial charge on any atom is 0.221 e. The van der Waals surface area contributed by atoms with Gasteiger partial charge < -0.3 is 16.4 Å². The Morgan fingerprint density at radius 3 is 2.68 bits per heavy atom. The van der Waals surface area contributed by atoms with Crippen molar-refractivity contribution in [2.45, 2.75) is 26.3 Å². The molecule has 0 saturated heterocycles. The summed E-state index contributed by atoms with van der Waals surface area (Å²) in [4.78, 5) is 11.5. The van der Waals surface area contributed by atoms with E-state index in [0.29, 0.717) is 17.8 Å². The number of benzene rings is 1. The average Bonchev–Trinajstić information content (AvgIpc) is 2.29. The first-order valence-electron chi connectivity index (χ1n) is 6.02. The Bertz CT molecular complexity index is 477. The summed E-state index contributed by atoms with van der Waals surface area (Å²) in [5, 5.41) is 5.62. The number of hydrogen-bond acceptors (Lipinski definition) is 3. The molecule has 0 saturated carbocycles. The van der Waals surface area contributed by atoms with Crippen LogP contribution in [0.1, 0.15) is 25.8 Å². The zero-order chi connectivity index (χ0) is 14.4. The first-order valence-corrected chi connectivity index (χ1v) is 6.43. The number of nitrogens with one attached hydrogen (secondary N) is 2. The van der Waals surface area contributed by atoms with Crippen LogP contribution < -0.4 is 16.4 Å². The molecular weight excluding hydrogens is 265 g/mol. The minimum Gasteiger partial charge on any atom is -0.389 e. The fourth-order valence-electron chi connectivity index (χ4n) is 1.52. The molecule has 4 nitrogen and oxygen atoms in total. The molecule has 6 heteroatoms. The second kappa shape index (κ2) is 7.04. The lowest BCUT2D eigenvalue weighted by atomic mass is 10.2. The molecule has 1 amide bonds. The summed E-state index contributed by atoms with van der Waals surface area (Å²) in [6, 6.07) is 4.58. The smallest absolute Gasteiger partial charge is 0.221 e. The van der Waals surface area contributed by atoms with Gasteiger partial charge in [-0.15, -0.1) is 0 Å². The van der Waals surface area contributed by atoms with E-state index in [4.69, 9.17) is 18.0 Å². The van der Waals surface area contributed by atoms with Crippen LogP contribution in [0.2, 0.25) is 0 Å². The molecule has 0 heterocycles. The minimum absolute atomic E-state index is 0.0670. The van der Waals surface area contributed by atoms with Gasteiger partial charge in [-0.1, -0.05) is 12.2 Å². The molecule has 0 atom stereocenters. The van der Waals surface area contributed by atoms with Crippen LogP contribution in [0.3, 0.4) is 0 Å². The first kappa shape index (κ1) is 15.4. The Kier molecular flexibility index (Phi) is 5.69.